The van der Waals surface area contributed by atoms with Gasteiger partial charge in [0.1, 0.15) is 6.10 Å². The van der Waals surface area contributed by atoms with Crippen LogP contribution in [-0.4, -0.2) is 50.6 Å². The lowest BCUT2D eigenvalue weighted by Gasteiger charge is -2.35. The number of nitrogens with zero attached hydrogens (tertiary/aromatic N) is 5. The number of hydrogen-bond donors (Lipinski definition) is 2. The van der Waals surface area contributed by atoms with Crippen molar-refractivity contribution in [1.29, 1.82) is 0 Å². The highest BCUT2D eigenvalue weighted by Crippen LogP contribution is 2.28. The molecule has 1 saturated carbocycles. The summed E-state index contributed by atoms with van der Waals surface area (Å²) in [5, 5.41) is 6.97. The van der Waals surface area contributed by atoms with Gasteiger partial charge in [-0.25, -0.2) is 14.6 Å². The van der Waals surface area contributed by atoms with Gasteiger partial charge in [0.15, 0.2) is 5.82 Å². The number of anilines is 1. The van der Waals surface area contributed by atoms with Gasteiger partial charge in [-0.05, 0) is 32.6 Å². The van der Waals surface area contributed by atoms with Crippen LogP contribution in [0, 0.1) is 0 Å². The number of ether oxygens (including phenoxy) is 1. The van der Waals surface area contributed by atoms with E-state index in [0.717, 1.165) is 5.56 Å². The molecule has 1 aliphatic carbocycles. The molecule has 2 aromatic heterocycles. The van der Waals surface area contributed by atoms with Crippen molar-refractivity contribution < 1.29 is 14.3 Å². The van der Waals surface area contributed by atoms with E-state index in [9.17, 15) is 9.59 Å². The lowest BCUT2D eigenvalue weighted by atomic mass is 9.92. The Morgan fingerprint density at radius 3 is 2.54 bits per heavy atom. The van der Waals surface area contributed by atoms with Gasteiger partial charge in [0, 0.05) is 31.4 Å². The highest BCUT2D eigenvalue weighted by Gasteiger charge is 2.32. The molecule has 1 fully saturated rings. The summed E-state index contributed by atoms with van der Waals surface area (Å²) in [6, 6.07) is -0.275. The number of carbonyl (C=O) groups is 2. The zero-order valence-corrected chi connectivity index (χ0v) is 16.0. The summed E-state index contributed by atoms with van der Waals surface area (Å²) in [5.74, 6) is 0.484. The first kappa shape index (κ1) is 19.6. The van der Waals surface area contributed by atoms with Crippen LogP contribution in [0.4, 0.5) is 15.4 Å². The molecule has 1 aliphatic rings. The lowest BCUT2D eigenvalue weighted by Crippen LogP contribution is -2.49. The van der Waals surface area contributed by atoms with Gasteiger partial charge in [-0.1, -0.05) is 0 Å². The van der Waals surface area contributed by atoms with Gasteiger partial charge in [0.25, 0.3) is 0 Å². The van der Waals surface area contributed by atoms with Crippen LogP contribution in [-0.2, 0) is 11.8 Å². The summed E-state index contributed by atoms with van der Waals surface area (Å²) < 4.78 is 6.78. The van der Waals surface area contributed by atoms with Crippen molar-refractivity contribution in [1.82, 2.24) is 25.1 Å². The zero-order chi connectivity index (χ0) is 20.1. The summed E-state index contributed by atoms with van der Waals surface area (Å²) in [6.45, 7) is 2.38. The molecular formula is C18H25N7O3. The Bertz CT molecular complexity index is 813. The molecule has 0 spiro atoms. The number of hydrogen-bond acceptors (Lipinski definition) is 6. The average molecular weight is 387 g/mol. The third kappa shape index (κ3) is 4.56. The SMILES string of the molecule is CCNC(=O)N(c1cnc(-c2cnn(C)c2)cn1)C1CCC(OC(N)=O)CC1. The molecule has 0 radical (unpaired) electrons. The molecule has 0 atom stereocenters. The van der Waals surface area contributed by atoms with Gasteiger partial charge in [0.05, 0.1) is 24.3 Å². The maximum absolute atomic E-state index is 12.7. The van der Waals surface area contributed by atoms with Crippen LogP contribution in [0.15, 0.2) is 24.8 Å². The van der Waals surface area contributed by atoms with Crippen molar-refractivity contribution in [2.45, 2.75) is 44.8 Å². The summed E-state index contributed by atoms with van der Waals surface area (Å²) in [4.78, 5) is 34.2. The van der Waals surface area contributed by atoms with Crippen molar-refractivity contribution in [2.75, 3.05) is 11.4 Å². The molecule has 3 amide bonds. The normalized spacial score (nSPS) is 19.1. The molecule has 3 N–H and O–H groups in total. The van der Waals surface area contributed by atoms with Crippen molar-refractivity contribution in [3.8, 4) is 11.3 Å². The topological polar surface area (TPSA) is 128 Å². The largest absolute Gasteiger partial charge is 0.446 e. The van der Waals surface area contributed by atoms with Crippen molar-refractivity contribution in [3.05, 3.63) is 24.8 Å². The maximum atomic E-state index is 12.7. The van der Waals surface area contributed by atoms with Gasteiger partial charge in [-0.2, -0.15) is 5.10 Å². The zero-order valence-electron chi connectivity index (χ0n) is 16.0. The predicted molar refractivity (Wildman–Crippen MR) is 102 cm³/mol. The number of urea groups is 1. The third-order valence-electron chi connectivity index (χ3n) is 4.72. The molecular weight excluding hydrogens is 362 g/mol. The van der Waals surface area contributed by atoms with Crippen molar-refractivity contribution in [2.24, 2.45) is 12.8 Å². The van der Waals surface area contributed by atoms with E-state index in [1.54, 1.807) is 28.2 Å². The first-order valence-corrected chi connectivity index (χ1v) is 9.32. The number of nitrogens with one attached hydrogen (secondary N) is 1. The summed E-state index contributed by atoms with van der Waals surface area (Å²) in [5.41, 5.74) is 6.64. The van der Waals surface area contributed by atoms with Gasteiger partial charge in [-0.3, -0.25) is 14.6 Å². The first-order valence-electron chi connectivity index (χ1n) is 9.32. The Morgan fingerprint density at radius 1 is 1.25 bits per heavy atom. The second-order valence-corrected chi connectivity index (χ2v) is 6.74. The molecule has 0 aliphatic heterocycles. The number of amides is 3. The Morgan fingerprint density at radius 2 is 2.00 bits per heavy atom. The predicted octanol–water partition coefficient (Wildman–Crippen LogP) is 1.82. The van der Waals surface area contributed by atoms with Crippen molar-refractivity contribution in [3.63, 3.8) is 0 Å². The number of carbonyl (C=O) groups excluding carboxylic acids is 2. The molecule has 0 aromatic carbocycles. The number of rotatable bonds is 5. The van der Waals surface area contributed by atoms with Crippen LogP contribution in [0.2, 0.25) is 0 Å². The van der Waals surface area contributed by atoms with Gasteiger partial charge in [0.2, 0.25) is 0 Å². The van der Waals surface area contributed by atoms with E-state index in [1.807, 2.05) is 20.2 Å². The van der Waals surface area contributed by atoms with Crippen LogP contribution in [0.1, 0.15) is 32.6 Å². The number of aryl methyl sites for hydroxylation is 1. The van der Waals surface area contributed by atoms with E-state index in [4.69, 9.17) is 10.5 Å². The van der Waals surface area contributed by atoms with E-state index in [1.165, 1.54) is 0 Å². The fraction of sp³-hybridized carbons (Fsp3) is 0.500. The molecule has 0 unspecified atom stereocenters. The second kappa shape index (κ2) is 8.68. The fourth-order valence-electron chi connectivity index (χ4n) is 3.43. The summed E-state index contributed by atoms with van der Waals surface area (Å²) in [7, 11) is 1.83. The van der Waals surface area contributed by atoms with Gasteiger partial charge in [-0.15, -0.1) is 0 Å². The van der Waals surface area contributed by atoms with E-state index >= 15 is 0 Å². The minimum Gasteiger partial charge on any atom is -0.446 e. The number of aromatic nitrogens is 4. The second-order valence-electron chi connectivity index (χ2n) is 6.74. The van der Waals surface area contributed by atoms with Crippen molar-refractivity contribution >= 4 is 17.9 Å². The Labute approximate surface area is 163 Å². The molecule has 10 heteroatoms. The smallest absolute Gasteiger partial charge is 0.404 e. The fourth-order valence-corrected chi connectivity index (χ4v) is 3.43. The molecule has 150 valence electrons. The third-order valence-corrected chi connectivity index (χ3v) is 4.72. The lowest BCUT2D eigenvalue weighted by molar-refractivity contribution is 0.0786. The maximum Gasteiger partial charge on any atom is 0.404 e. The molecule has 3 rings (SSSR count). The highest BCUT2D eigenvalue weighted by molar-refractivity contribution is 5.91. The molecule has 2 aromatic rings. The number of nitrogens with two attached hydrogens (primary N) is 1. The Hall–Kier alpha value is -3.17. The molecule has 0 bridgehead atoms. The monoisotopic (exact) mass is 387 g/mol. The van der Waals surface area contributed by atoms with Crippen LogP contribution in [0.3, 0.4) is 0 Å². The van der Waals surface area contributed by atoms with Crippen LogP contribution >= 0.6 is 0 Å². The summed E-state index contributed by atoms with van der Waals surface area (Å²) in [6.07, 6.45) is 8.49. The summed E-state index contributed by atoms with van der Waals surface area (Å²) >= 11 is 0. The minimum absolute atomic E-state index is 0.0576. The van der Waals surface area contributed by atoms with Gasteiger partial charge >= 0.3 is 12.1 Å². The van der Waals surface area contributed by atoms with E-state index in [-0.39, 0.29) is 18.2 Å². The molecule has 28 heavy (non-hydrogen) atoms. The van der Waals surface area contributed by atoms with E-state index in [2.05, 4.69) is 20.4 Å². The highest BCUT2D eigenvalue weighted by atomic mass is 16.6. The standard InChI is InChI=1S/C18H25N7O3/c1-3-20-18(27)25(13-4-6-14(7-5-13)28-17(19)26)16-10-21-15(9-22-16)12-8-23-24(2)11-12/h8-11,13-14H,3-7H2,1-2H3,(H2,19,26)(H,20,27). The van der Waals surface area contributed by atoms with Crippen LogP contribution in [0.25, 0.3) is 11.3 Å². The Kier molecular flexibility index (Phi) is 6.07. The first-order chi connectivity index (χ1) is 13.5. The van der Waals surface area contributed by atoms with Crippen LogP contribution in [0.5, 0.6) is 0 Å². The Balaban J connectivity index is 1.77. The molecule has 10 nitrogen and oxygen atoms in total. The van der Waals surface area contributed by atoms with E-state index < -0.39 is 6.09 Å². The molecule has 0 saturated heterocycles. The molecule has 2 heterocycles. The van der Waals surface area contributed by atoms with E-state index in [0.29, 0.717) is 43.7 Å². The van der Waals surface area contributed by atoms with Gasteiger partial charge < -0.3 is 15.8 Å². The number of primary amides is 1. The quantitative estimate of drug-likeness (QED) is 0.805. The minimum atomic E-state index is -0.763. The average Bonchev–Trinajstić information content (AvgIpc) is 3.10. The van der Waals surface area contributed by atoms with Crippen LogP contribution < -0.4 is 16.0 Å².